The van der Waals surface area contributed by atoms with E-state index in [9.17, 15) is 9.59 Å². The van der Waals surface area contributed by atoms with E-state index >= 15 is 0 Å². The molecule has 5 nitrogen and oxygen atoms in total. The van der Waals surface area contributed by atoms with E-state index in [-0.39, 0.29) is 18.4 Å². The maximum absolute atomic E-state index is 13.1. The van der Waals surface area contributed by atoms with Gasteiger partial charge in [0.2, 0.25) is 5.91 Å². The molecule has 0 aliphatic heterocycles. The molecule has 5 heteroatoms. The quantitative estimate of drug-likeness (QED) is 0.355. The summed E-state index contributed by atoms with van der Waals surface area (Å²) in [5, 5.41) is 5.74. The number of carbonyl (C=O) groups is 2. The second-order valence-electron chi connectivity index (χ2n) is 8.92. The van der Waals surface area contributed by atoms with Gasteiger partial charge < -0.3 is 15.4 Å². The monoisotopic (exact) mass is 476 g/mol. The SMILES string of the molecule is O=C(N[C@@H](Cc1ccccc1)C(=O)NCc1ccccc1)OCC1c2ccccc2-c2ccccc21. The fourth-order valence-corrected chi connectivity index (χ4v) is 4.75. The highest BCUT2D eigenvalue weighted by molar-refractivity contribution is 5.86. The molecule has 1 aliphatic carbocycles. The molecule has 0 spiro atoms. The predicted molar refractivity (Wildman–Crippen MR) is 140 cm³/mol. The van der Waals surface area contributed by atoms with Crippen molar-refractivity contribution in [3.63, 3.8) is 0 Å². The Morgan fingerprint density at radius 1 is 0.694 bits per heavy atom. The topological polar surface area (TPSA) is 67.4 Å². The van der Waals surface area contributed by atoms with Gasteiger partial charge in [0.1, 0.15) is 12.6 Å². The summed E-state index contributed by atoms with van der Waals surface area (Å²) in [6.45, 7) is 0.584. The number of amides is 2. The molecule has 2 N–H and O–H groups in total. The third-order valence-electron chi connectivity index (χ3n) is 6.54. The summed E-state index contributed by atoms with van der Waals surface area (Å²) < 4.78 is 5.69. The lowest BCUT2D eigenvalue weighted by molar-refractivity contribution is -0.123. The van der Waals surface area contributed by atoms with E-state index in [1.165, 1.54) is 11.1 Å². The maximum Gasteiger partial charge on any atom is 0.407 e. The molecule has 0 saturated carbocycles. The van der Waals surface area contributed by atoms with Gasteiger partial charge in [-0.2, -0.15) is 0 Å². The van der Waals surface area contributed by atoms with Crippen LogP contribution in [-0.4, -0.2) is 24.6 Å². The summed E-state index contributed by atoms with van der Waals surface area (Å²) in [7, 11) is 0. The number of benzene rings is 4. The number of alkyl carbamates (subject to hydrolysis) is 1. The Kier molecular flexibility index (Phi) is 7.08. The predicted octanol–water partition coefficient (Wildman–Crippen LogP) is 5.45. The molecule has 0 aromatic heterocycles. The van der Waals surface area contributed by atoms with Crippen LogP contribution in [0.1, 0.15) is 28.2 Å². The molecule has 36 heavy (non-hydrogen) atoms. The van der Waals surface area contributed by atoms with Gasteiger partial charge in [0, 0.05) is 18.9 Å². The zero-order chi connectivity index (χ0) is 24.7. The van der Waals surface area contributed by atoms with E-state index in [0.717, 1.165) is 22.3 Å². The van der Waals surface area contributed by atoms with E-state index < -0.39 is 12.1 Å². The molecule has 2 amide bonds. The van der Waals surface area contributed by atoms with Crippen LogP contribution in [0.4, 0.5) is 4.79 Å². The van der Waals surface area contributed by atoms with Crippen molar-refractivity contribution in [1.82, 2.24) is 10.6 Å². The first-order valence-corrected chi connectivity index (χ1v) is 12.2. The van der Waals surface area contributed by atoms with Gasteiger partial charge in [0.25, 0.3) is 0 Å². The van der Waals surface area contributed by atoms with Gasteiger partial charge in [0.15, 0.2) is 0 Å². The Morgan fingerprint density at radius 3 is 1.83 bits per heavy atom. The Balaban J connectivity index is 1.26. The van der Waals surface area contributed by atoms with E-state index in [0.29, 0.717) is 13.0 Å². The summed E-state index contributed by atoms with van der Waals surface area (Å²) in [6.07, 6.45) is -0.237. The highest BCUT2D eigenvalue weighted by atomic mass is 16.5. The third kappa shape index (κ3) is 5.31. The summed E-state index contributed by atoms with van der Waals surface area (Å²) >= 11 is 0. The zero-order valence-corrected chi connectivity index (χ0v) is 19.9. The van der Waals surface area contributed by atoms with Crippen molar-refractivity contribution in [2.75, 3.05) is 6.61 Å². The van der Waals surface area contributed by atoms with Crippen molar-refractivity contribution in [2.24, 2.45) is 0 Å². The fourth-order valence-electron chi connectivity index (χ4n) is 4.75. The van der Waals surface area contributed by atoms with Gasteiger partial charge >= 0.3 is 6.09 Å². The first-order valence-electron chi connectivity index (χ1n) is 12.2. The van der Waals surface area contributed by atoms with Gasteiger partial charge in [0.05, 0.1) is 0 Å². The van der Waals surface area contributed by atoms with Gasteiger partial charge in [-0.05, 0) is 33.4 Å². The molecule has 0 fully saturated rings. The van der Waals surface area contributed by atoms with Crippen LogP contribution in [0, 0.1) is 0 Å². The second-order valence-corrected chi connectivity index (χ2v) is 8.92. The fraction of sp³-hybridized carbons (Fsp3) is 0.161. The minimum absolute atomic E-state index is 0.0392. The lowest BCUT2D eigenvalue weighted by Crippen LogP contribution is -2.48. The van der Waals surface area contributed by atoms with Crippen LogP contribution in [0.25, 0.3) is 11.1 Å². The lowest BCUT2D eigenvalue weighted by atomic mass is 9.98. The summed E-state index contributed by atoms with van der Waals surface area (Å²) in [5.74, 6) is -0.293. The normalized spacial score (nSPS) is 12.8. The van der Waals surface area contributed by atoms with Crippen LogP contribution < -0.4 is 10.6 Å². The third-order valence-corrected chi connectivity index (χ3v) is 6.54. The van der Waals surface area contributed by atoms with Crippen LogP contribution in [0.15, 0.2) is 109 Å². The summed E-state index contributed by atoms with van der Waals surface area (Å²) in [6, 6.07) is 35.0. The van der Waals surface area contributed by atoms with Crippen molar-refractivity contribution in [3.05, 3.63) is 131 Å². The van der Waals surface area contributed by atoms with E-state index in [4.69, 9.17) is 4.74 Å². The average Bonchev–Trinajstić information content (AvgIpc) is 3.25. The number of nitrogens with one attached hydrogen (secondary N) is 2. The van der Waals surface area contributed by atoms with Gasteiger partial charge in [-0.1, -0.05) is 109 Å². The molecule has 0 bridgehead atoms. The molecular weight excluding hydrogens is 448 g/mol. The number of carbonyl (C=O) groups excluding carboxylic acids is 2. The minimum Gasteiger partial charge on any atom is -0.449 e. The Bertz CT molecular complexity index is 1290. The van der Waals surface area contributed by atoms with Crippen LogP contribution in [0.2, 0.25) is 0 Å². The largest absolute Gasteiger partial charge is 0.449 e. The molecule has 0 saturated heterocycles. The van der Waals surface area contributed by atoms with E-state index in [2.05, 4.69) is 34.9 Å². The molecule has 4 aromatic carbocycles. The Hall–Kier alpha value is -4.38. The van der Waals surface area contributed by atoms with Crippen LogP contribution in [0.5, 0.6) is 0 Å². The summed E-state index contributed by atoms with van der Waals surface area (Å²) in [5.41, 5.74) is 6.58. The van der Waals surface area contributed by atoms with Crippen molar-refractivity contribution in [3.8, 4) is 11.1 Å². The van der Waals surface area contributed by atoms with Crippen molar-refractivity contribution in [1.29, 1.82) is 0 Å². The number of hydrogen-bond acceptors (Lipinski definition) is 3. The van der Waals surface area contributed by atoms with Crippen LogP contribution >= 0.6 is 0 Å². The Labute approximate surface area is 211 Å². The minimum atomic E-state index is -0.758. The van der Waals surface area contributed by atoms with E-state index in [1.54, 1.807) is 0 Å². The number of rotatable bonds is 8. The zero-order valence-electron chi connectivity index (χ0n) is 19.9. The maximum atomic E-state index is 13.1. The van der Waals surface area contributed by atoms with Crippen molar-refractivity contribution in [2.45, 2.75) is 24.9 Å². The molecule has 5 rings (SSSR count). The highest BCUT2D eigenvalue weighted by Crippen LogP contribution is 2.44. The first kappa shape index (κ1) is 23.4. The second kappa shape index (κ2) is 10.9. The van der Waals surface area contributed by atoms with Gasteiger partial charge in [-0.3, -0.25) is 4.79 Å². The number of hydrogen-bond donors (Lipinski definition) is 2. The highest BCUT2D eigenvalue weighted by Gasteiger charge is 2.29. The van der Waals surface area contributed by atoms with Gasteiger partial charge in [-0.25, -0.2) is 4.79 Å². The molecule has 180 valence electrons. The Morgan fingerprint density at radius 2 is 1.22 bits per heavy atom. The summed E-state index contributed by atoms with van der Waals surface area (Å²) in [4.78, 5) is 26.0. The van der Waals surface area contributed by atoms with Crippen LogP contribution in [0.3, 0.4) is 0 Å². The molecule has 0 unspecified atom stereocenters. The first-order chi connectivity index (χ1) is 17.7. The smallest absolute Gasteiger partial charge is 0.407 e. The molecule has 1 aliphatic rings. The molecular formula is C31H28N2O3. The van der Waals surface area contributed by atoms with Crippen LogP contribution in [-0.2, 0) is 22.5 Å². The van der Waals surface area contributed by atoms with Gasteiger partial charge in [-0.15, -0.1) is 0 Å². The van der Waals surface area contributed by atoms with Crippen molar-refractivity contribution >= 4 is 12.0 Å². The standard InChI is InChI=1S/C31H28N2O3/c34-30(32-20-23-13-5-2-6-14-23)29(19-22-11-3-1-4-12-22)33-31(35)36-21-28-26-17-9-7-15-24(26)25-16-8-10-18-27(25)28/h1-18,28-29H,19-21H2,(H,32,34)(H,33,35)/t29-/m0/s1. The molecule has 0 heterocycles. The molecule has 1 atom stereocenters. The van der Waals surface area contributed by atoms with Crippen molar-refractivity contribution < 1.29 is 14.3 Å². The molecule has 4 aromatic rings. The molecule has 0 radical (unpaired) electrons. The average molecular weight is 477 g/mol. The number of fused-ring (bicyclic) bond motifs is 3. The van der Waals surface area contributed by atoms with E-state index in [1.807, 2.05) is 84.9 Å². The number of ether oxygens (including phenoxy) is 1. The lowest BCUT2D eigenvalue weighted by Gasteiger charge is -2.20.